The van der Waals surface area contributed by atoms with Crippen LogP contribution < -0.4 is 0 Å². The molecule has 1 atom stereocenters. The van der Waals surface area contributed by atoms with E-state index in [0.717, 1.165) is 71.0 Å². The molecule has 0 radical (unpaired) electrons. The van der Waals surface area contributed by atoms with Crippen LogP contribution in [0.25, 0.3) is 0 Å². The summed E-state index contributed by atoms with van der Waals surface area (Å²) in [7, 11) is 0. The van der Waals surface area contributed by atoms with E-state index in [2.05, 4.69) is 51.6 Å². The van der Waals surface area contributed by atoms with Gasteiger partial charge in [0.2, 0.25) is 5.91 Å². The predicted molar refractivity (Wildman–Crippen MR) is 113 cm³/mol. The van der Waals surface area contributed by atoms with Crippen LogP contribution in [0.2, 0.25) is 0 Å². The summed E-state index contributed by atoms with van der Waals surface area (Å²) in [4.78, 5) is 17.2. The number of aryl methyl sites for hydroxylation is 2. The minimum absolute atomic E-state index is 0.246. The molecule has 1 aromatic heterocycles. The molecular weight excluding hydrogens is 380 g/mol. The van der Waals surface area contributed by atoms with Crippen molar-refractivity contribution in [2.75, 3.05) is 39.4 Å². The molecule has 3 heterocycles. The number of carbonyl (C=O) groups excluding carboxylic acids is 1. The molecule has 0 N–H and O–H groups in total. The molecule has 1 aromatic carbocycles. The lowest BCUT2D eigenvalue weighted by molar-refractivity contribution is -0.132. The van der Waals surface area contributed by atoms with E-state index in [-0.39, 0.29) is 5.91 Å². The Morgan fingerprint density at radius 2 is 2.10 bits per heavy atom. The first-order valence-electron chi connectivity index (χ1n) is 11.1. The second-order valence-electron chi connectivity index (χ2n) is 8.40. The number of aromatic nitrogens is 4. The molecule has 2 fully saturated rings. The smallest absolute Gasteiger partial charge is 0.222 e. The van der Waals surface area contributed by atoms with Gasteiger partial charge in [0.05, 0.1) is 19.8 Å². The molecule has 2 saturated heterocycles. The summed E-state index contributed by atoms with van der Waals surface area (Å²) in [5.74, 6) is 1.55. The summed E-state index contributed by atoms with van der Waals surface area (Å²) in [5.41, 5.74) is 2.64. The van der Waals surface area contributed by atoms with Gasteiger partial charge in [0, 0.05) is 45.1 Å². The highest BCUT2D eigenvalue weighted by atomic mass is 16.5. The van der Waals surface area contributed by atoms with Crippen LogP contribution in [0.4, 0.5) is 0 Å². The lowest BCUT2D eigenvalue weighted by atomic mass is 9.89. The summed E-state index contributed by atoms with van der Waals surface area (Å²) < 4.78 is 7.24. The number of amides is 1. The average Bonchev–Trinajstić information content (AvgIpc) is 3.21. The van der Waals surface area contributed by atoms with Crippen molar-refractivity contribution in [2.45, 2.75) is 51.6 Å². The lowest BCUT2D eigenvalue weighted by Gasteiger charge is -2.33. The van der Waals surface area contributed by atoms with Gasteiger partial charge in [0.25, 0.3) is 0 Å². The zero-order chi connectivity index (χ0) is 20.8. The molecule has 0 saturated carbocycles. The number of benzene rings is 1. The molecule has 1 unspecified atom stereocenters. The number of hydrogen-bond acceptors (Lipinski definition) is 6. The van der Waals surface area contributed by atoms with Crippen molar-refractivity contribution in [3.8, 4) is 0 Å². The maximum absolute atomic E-state index is 12.8. The van der Waals surface area contributed by atoms with Gasteiger partial charge >= 0.3 is 0 Å². The van der Waals surface area contributed by atoms with Gasteiger partial charge in [-0.15, -0.1) is 5.10 Å². The summed E-state index contributed by atoms with van der Waals surface area (Å²) in [5, 5.41) is 12.1. The van der Waals surface area contributed by atoms with Gasteiger partial charge in [-0.3, -0.25) is 9.69 Å². The molecule has 2 aliphatic heterocycles. The van der Waals surface area contributed by atoms with Crippen LogP contribution >= 0.6 is 0 Å². The fourth-order valence-electron chi connectivity index (χ4n) is 4.41. The first-order valence-corrected chi connectivity index (χ1v) is 11.1. The summed E-state index contributed by atoms with van der Waals surface area (Å²) in [6.45, 7) is 8.56. The first-order chi connectivity index (χ1) is 14.7. The van der Waals surface area contributed by atoms with Crippen LogP contribution in [-0.4, -0.2) is 75.3 Å². The topological polar surface area (TPSA) is 76.4 Å². The van der Waals surface area contributed by atoms with E-state index in [9.17, 15) is 4.79 Å². The standard InChI is InChI=1S/C22H32N6O2/c1-18-5-2-6-19(15-18)20-7-3-9-27(16-20)22(29)8-4-10-28-21(23-24-25-28)17-26-11-13-30-14-12-26/h2,5-6,15,20H,3-4,7-14,16-17H2,1H3. The Morgan fingerprint density at radius 3 is 2.93 bits per heavy atom. The van der Waals surface area contributed by atoms with Gasteiger partial charge in [0.1, 0.15) is 0 Å². The van der Waals surface area contributed by atoms with Crippen LogP contribution in [0.15, 0.2) is 24.3 Å². The molecule has 8 heteroatoms. The minimum atomic E-state index is 0.246. The highest BCUT2D eigenvalue weighted by Crippen LogP contribution is 2.27. The predicted octanol–water partition coefficient (Wildman–Crippen LogP) is 2.00. The van der Waals surface area contributed by atoms with Gasteiger partial charge in [-0.1, -0.05) is 29.8 Å². The number of hydrogen-bond donors (Lipinski definition) is 0. The Morgan fingerprint density at radius 1 is 1.23 bits per heavy atom. The van der Waals surface area contributed by atoms with E-state index in [1.165, 1.54) is 11.1 Å². The minimum Gasteiger partial charge on any atom is -0.379 e. The van der Waals surface area contributed by atoms with Gasteiger partial charge < -0.3 is 9.64 Å². The number of likely N-dealkylation sites (tertiary alicyclic amines) is 1. The molecular formula is C22H32N6O2. The van der Waals surface area contributed by atoms with Crippen LogP contribution in [0.3, 0.4) is 0 Å². The number of ether oxygens (including phenoxy) is 1. The quantitative estimate of drug-likeness (QED) is 0.692. The first kappa shape index (κ1) is 20.9. The highest BCUT2D eigenvalue weighted by molar-refractivity contribution is 5.76. The zero-order valence-electron chi connectivity index (χ0n) is 17.9. The van der Waals surface area contributed by atoms with Gasteiger partial charge in [-0.25, -0.2) is 4.68 Å². The van der Waals surface area contributed by atoms with E-state index in [4.69, 9.17) is 4.74 Å². The normalized spacial score (nSPS) is 20.4. The van der Waals surface area contributed by atoms with Crippen LogP contribution in [0.1, 0.15) is 48.6 Å². The van der Waals surface area contributed by atoms with E-state index < -0.39 is 0 Å². The fourth-order valence-corrected chi connectivity index (χ4v) is 4.41. The van der Waals surface area contributed by atoms with Gasteiger partial charge in [-0.2, -0.15) is 0 Å². The van der Waals surface area contributed by atoms with Crippen molar-refractivity contribution in [3.05, 3.63) is 41.2 Å². The molecule has 4 rings (SSSR count). The maximum Gasteiger partial charge on any atom is 0.222 e. The second kappa shape index (κ2) is 10.1. The Balaban J connectivity index is 1.25. The average molecular weight is 413 g/mol. The van der Waals surface area contributed by atoms with Crippen molar-refractivity contribution in [1.29, 1.82) is 0 Å². The summed E-state index contributed by atoms with van der Waals surface area (Å²) >= 11 is 0. The van der Waals surface area contributed by atoms with Crippen LogP contribution in [-0.2, 0) is 22.6 Å². The number of tetrazole rings is 1. The van der Waals surface area contributed by atoms with Crippen molar-refractivity contribution in [2.24, 2.45) is 0 Å². The van der Waals surface area contributed by atoms with Crippen molar-refractivity contribution in [3.63, 3.8) is 0 Å². The third-order valence-electron chi connectivity index (χ3n) is 6.12. The molecule has 1 amide bonds. The Kier molecular flexibility index (Phi) is 7.07. The second-order valence-corrected chi connectivity index (χ2v) is 8.40. The number of carbonyl (C=O) groups is 1. The van der Waals surface area contributed by atoms with Crippen LogP contribution in [0, 0.1) is 6.92 Å². The summed E-state index contributed by atoms with van der Waals surface area (Å²) in [6.07, 6.45) is 3.52. The van der Waals surface area contributed by atoms with Gasteiger partial charge in [-0.05, 0) is 42.2 Å². The monoisotopic (exact) mass is 412 g/mol. The van der Waals surface area contributed by atoms with E-state index in [0.29, 0.717) is 18.9 Å². The molecule has 30 heavy (non-hydrogen) atoms. The van der Waals surface area contributed by atoms with Crippen molar-refractivity contribution < 1.29 is 9.53 Å². The molecule has 162 valence electrons. The number of nitrogens with zero attached hydrogens (tertiary/aromatic N) is 6. The lowest BCUT2D eigenvalue weighted by Crippen LogP contribution is -2.39. The SMILES string of the molecule is Cc1cccc(C2CCCN(C(=O)CCCn3nnnc3CN3CCOCC3)C2)c1. The van der Waals surface area contributed by atoms with E-state index in [1.54, 1.807) is 0 Å². The van der Waals surface area contributed by atoms with Crippen molar-refractivity contribution in [1.82, 2.24) is 30.0 Å². The molecule has 0 aliphatic carbocycles. The van der Waals surface area contributed by atoms with E-state index >= 15 is 0 Å². The number of piperidine rings is 1. The molecule has 0 spiro atoms. The Hall–Kier alpha value is -2.32. The summed E-state index contributed by atoms with van der Waals surface area (Å²) in [6, 6.07) is 8.69. The van der Waals surface area contributed by atoms with Crippen LogP contribution in [0.5, 0.6) is 0 Å². The van der Waals surface area contributed by atoms with Gasteiger partial charge in [0.15, 0.2) is 5.82 Å². The number of rotatable bonds is 7. The highest BCUT2D eigenvalue weighted by Gasteiger charge is 2.24. The maximum atomic E-state index is 12.8. The Labute approximate surface area is 178 Å². The molecule has 2 aliphatic rings. The third kappa shape index (κ3) is 5.43. The largest absolute Gasteiger partial charge is 0.379 e. The zero-order valence-corrected chi connectivity index (χ0v) is 17.9. The molecule has 0 bridgehead atoms. The Bertz CT molecular complexity index is 833. The molecule has 2 aromatic rings. The number of morpholine rings is 1. The third-order valence-corrected chi connectivity index (χ3v) is 6.12. The fraction of sp³-hybridized carbons (Fsp3) is 0.636. The van der Waals surface area contributed by atoms with E-state index in [1.807, 2.05) is 9.58 Å². The molecule has 8 nitrogen and oxygen atoms in total. The van der Waals surface area contributed by atoms with Crippen molar-refractivity contribution >= 4 is 5.91 Å².